The van der Waals surface area contributed by atoms with Crippen LogP contribution in [0.4, 0.5) is 22.7 Å². The number of ether oxygens (including phenoxy) is 1. The molecule has 1 saturated heterocycles. The second-order valence-corrected chi connectivity index (χ2v) is 12.3. The summed E-state index contributed by atoms with van der Waals surface area (Å²) in [6, 6.07) is 13.0. The first-order valence-corrected chi connectivity index (χ1v) is 15.3. The molecule has 0 unspecified atom stereocenters. The lowest BCUT2D eigenvalue weighted by Gasteiger charge is -2.29. The standard InChI is InChI=1S/C27H19ClF4N6O3S2/c28-20-10-25(43(39,40)37-26-36-34-14-42-26)21(29)11-24(20)41-23-6-5-15(17-3-1-2-4-19(17)27(30,31)32)9-18(23)22-7-8-35-38(22)16-12-33-13-16/h1-11,14,16,33H,12-13H2,(H,36,37). The molecule has 0 bridgehead atoms. The van der Waals surface area contributed by atoms with Crippen molar-refractivity contribution in [2.45, 2.75) is 17.1 Å². The number of nitrogens with one attached hydrogen (secondary N) is 2. The van der Waals surface area contributed by atoms with Gasteiger partial charge in [-0.25, -0.2) is 12.8 Å². The Morgan fingerprint density at radius 3 is 2.53 bits per heavy atom. The van der Waals surface area contributed by atoms with Crippen LogP contribution < -0.4 is 14.8 Å². The first-order chi connectivity index (χ1) is 20.5. The number of alkyl halides is 3. The first kappa shape index (κ1) is 29.0. The van der Waals surface area contributed by atoms with Crippen molar-refractivity contribution in [2.24, 2.45) is 0 Å². The molecular formula is C27H19ClF4N6O3S2. The Morgan fingerprint density at radius 1 is 1.05 bits per heavy atom. The highest BCUT2D eigenvalue weighted by molar-refractivity contribution is 7.93. The quantitative estimate of drug-likeness (QED) is 0.182. The van der Waals surface area contributed by atoms with Gasteiger partial charge in [-0.15, -0.1) is 10.2 Å². The normalized spacial score (nSPS) is 14.0. The summed E-state index contributed by atoms with van der Waals surface area (Å²) in [5.74, 6) is -1.24. The maximum absolute atomic E-state index is 15.2. The minimum atomic E-state index is -4.59. The molecule has 1 aliphatic rings. The number of nitrogens with zero attached hydrogens (tertiary/aromatic N) is 4. The minimum absolute atomic E-state index is 0.00461. The molecule has 1 aliphatic heterocycles. The van der Waals surface area contributed by atoms with Crippen molar-refractivity contribution in [3.8, 4) is 33.9 Å². The average molecular weight is 651 g/mol. The second-order valence-electron chi connectivity index (χ2n) is 9.39. The van der Waals surface area contributed by atoms with Crippen molar-refractivity contribution in [2.75, 3.05) is 17.8 Å². The zero-order valence-electron chi connectivity index (χ0n) is 21.6. The largest absolute Gasteiger partial charge is 0.455 e. The number of aromatic nitrogens is 4. The molecule has 2 aromatic heterocycles. The summed E-state index contributed by atoms with van der Waals surface area (Å²) in [6.07, 6.45) is -3.03. The first-order valence-electron chi connectivity index (χ1n) is 12.5. The van der Waals surface area contributed by atoms with Gasteiger partial charge in [-0.2, -0.15) is 18.3 Å². The van der Waals surface area contributed by atoms with Gasteiger partial charge in [-0.05, 0) is 41.5 Å². The van der Waals surface area contributed by atoms with Crippen LogP contribution in [0, 0.1) is 5.82 Å². The van der Waals surface area contributed by atoms with Gasteiger partial charge in [-0.1, -0.05) is 47.2 Å². The Balaban J connectivity index is 1.43. The molecule has 0 radical (unpaired) electrons. The number of hydrogen-bond acceptors (Lipinski definition) is 8. The summed E-state index contributed by atoms with van der Waals surface area (Å²) in [6.45, 7) is 1.28. The van der Waals surface area contributed by atoms with E-state index in [1.807, 2.05) is 0 Å². The molecular weight excluding hydrogens is 632 g/mol. The van der Waals surface area contributed by atoms with E-state index >= 15 is 4.39 Å². The molecule has 222 valence electrons. The molecule has 0 atom stereocenters. The van der Waals surface area contributed by atoms with Gasteiger partial charge in [-0.3, -0.25) is 9.40 Å². The highest BCUT2D eigenvalue weighted by Crippen LogP contribution is 2.43. The summed E-state index contributed by atoms with van der Waals surface area (Å²) in [7, 11) is -4.40. The van der Waals surface area contributed by atoms with Crippen molar-refractivity contribution in [1.82, 2.24) is 25.3 Å². The fourth-order valence-corrected chi connectivity index (χ4v) is 6.58. The Bertz CT molecular complexity index is 1910. The van der Waals surface area contributed by atoms with E-state index < -0.39 is 32.5 Å². The summed E-state index contributed by atoms with van der Waals surface area (Å²) < 4.78 is 92.1. The van der Waals surface area contributed by atoms with E-state index in [-0.39, 0.29) is 38.8 Å². The maximum atomic E-state index is 15.2. The zero-order chi connectivity index (χ0) is 30.4. The smallest absolute Gasteiger partial charge is 0.417 e. The van der Waals surface area contributed by atoms with Gasteiger partial charge in [0.1, 0.15) is 27.7 Å². The van der Waals surface area contributed by atoms with E-state index in [2.05, 4.69) is 25.3 Å². The van der Waals surface area contributed by atoms with Gasteiger partial charge in [0.2, 0.25) is 5.13 Å². The van der Waals surface area contributed by atoms with Crippen LogP contribution in [0.25, 0.3) is 22.4 Å². The van der Waals surface area contributed by atoms with Crippen molar-refractivity contribution in [3.63, 3.8) is 0 Å². The van der Waals surface area contributed by atoms with Crippen LogP contribution in [0.5, 0.6) is 11.5 Å². The van der Waals surface area contributed by atoms with Crippen LogP contribution in [0.3, 0.4) is 0 Å². The summed E-state index contributed by atoms with van der Waals surface area (Å²) in [5, 5.41) is 14.4. The van der Waals surface area contributed by atoms with Crippen molar-refractivity contribution in [1.29, 1.82) is 0 Å². The minimum Gasteiger partial charge on any atom is -0.455 e. The van der Waals surface area contributed by atoms with E-state index in [1.165, 1.54) is 41.9 Å². The molecule has 3 heterocycles. The highest BCUT2D eigenvalue weighted by atomic mass is 35.5. The highest BCUT2D eigenvalue weighted by Gasteiger charge is 2.34. The van der Waals surface area contributed by atoms with Crippen LogP contribution in [-0.4, -0.2) is 41.5 Å². The monoisotopic (exact) mass is 650 g/mol. The molecule has 0 amide bonds. The van der Waals surface area contributed by atoms with Gasteiger partial charge >= 0.3 is 6.18 Å². The number of benzene rings is 3. The van der Waals surface area contributed by atoms with Crippen LogP contribution >= 0.6 is 22.9 Å². The number of sulfonamides is 1. The third-order valence-corrected chi connectivity index (χ3v) is 9.04. The molecule has 43 heavy (non-hydrogen) atoms. The van der Waals surface area contributed by atoms with E-state index in [4.69, 9.17) is 16.3 Å². The predicted octanol–water partition coefficient (Wildman–Crippen LogP) is 6.62. The SMILES string of the molecule is O=S(=O)(Nc1nncs1)c1cc(Cl)c(Oc2ccc(-c3ccccc3C(F)(F)F)cc2-c2ccnn2C2CNC2)cc1F. The Labute approximate surface area is 251 Å². The van der Waals surface area contributed by atoms with E-state index in [0.717, 1.165) is 29.5 Å². The molecule has 1 fully saturated rings. The summed E-state index contributed by atoms with van der Waals surface area (Å²) >= 11 is 7.27. The average Bonchev–Trinajstić information content (AvgIpc) is 3.61. The number of rotatable bonds is 8. The lowest BCUT2D eigenvalue weighted by atomic mass is 9.96. The van der Waals surface area contributed by atoms with Crippen LogP contribution in [-0.2, 0) is 16.2 Å². The molecule has 0 aliphatic carbocycles. The van der Waals surface area contributed by atoms with E-state index in [9.17, 15) is 21.6 Å². The third-order valence-electron chi connectivity index (χ3n) is 6.65. The lowest BCUT2D eigenvalue weighted by Crippen LogP contribution is -2.44. The number of hydrogen-bond donors (Lipinski definition) is 2. The zero-order valence-corrected chi connectivity index (χ0v) is 24.0. The molecule has 5 aromatic rings. The molecule has 0 spiro atoms. The van der Waals surface area contributed by atoms with Crippen LogP contribution in [0.15, 0.2) is 77.3 Å². The van der Waals surface area contributed by atoms with E-state index in [0.29, 0.717) is 24.3 Å². The lowest BCUT2D eigenvalue weighted by molar-refractivity contribution is -0.137. The van der Waals surface area contributed by atoms with E-state index in [1.54, 1.807) is 16.9 Å². The Kier molecular flexibility index (Phi) is 7.58. The van der Waals surface area contributed by atoms with Crippen molar-refractivity contribution < 1.29 is 30.7 Å². The van der Waals surface area contributed by atoms with Crippen LogP contribution in [0.1, 0.15) is 11.6 Å². The fraction of sp³-hybridized carbons (Fsp3) is 0.148. The molecule has 3 aromatic carbocycles. The second kappa shape index (κ2) is 11.2. The predicted molar refractivity (Wildman–Crippen MR) is 152 cm³/mol. The van der Waals surface area contributed by atoms with Gasteiger partial charge < -0.3 is 10.1 Å². The van der Waals surface area contributed by atoms with Crippen LogP contribution in [0.2, 0.25) is 5.02 Å². The van der Waals surface area contributed by atoms with Crippen molar-refractivity contribution >= 4 is 38.1 Å². The van der Waals surface area contributed by atoms with Gasteiger partial charge in [0.25, 0.3) is 10.0 Å². The maximum Gasteiger partial charge on any atom is 0.417 e. The van der Waals surface area contributed by atoms with Crippen molar-refractivity contribution in [3.05, 3.63) is 88.8 Å². The summed E-state index contributed by atoms with van der Waals surface area (Å²) in [5.41, 5.74) is 1.62. The molecule has 2 N–H and O–H groups in total. The van der Waals surface area contributed by atoms with Gasteiger partial charge in [0.15, 0.2) is 0 Å². The summed E-state index contributed by atoms with van der Waals surface area (Å²) in [4.78, 5) is -0.741. The molecule has 0 saturated carbocycles. The topological polar surface area (TPSA) is 111 Å². The van der Waals surface area contributed by atoms with Gasteiger partial charge in [0.05, 0.1) is 22.3 Å². The number of halogens is 5. The Hall–Kier alpha value is -4.05. The molecule has 16 heteroatoms. The fourth-order valence-electron chi connectivity index (χ4n) is 4.53. The number of anilines is 1. The third kappa shape index (κ3) is 5.80. The Morgan fingerprint density at radius 2 is 1.84 bits per heavy atom. The van der Waals surface area contributed by atoms with Gasteiger partial charge in [0, 0.05) is 30.9 Å². The molecule has 6 rings (SSSR count). The molecule has 9 nitrogen and oxygen atoms in total.